The van der Waals surface area contributed by atoms with Crippen LogP contribution in [0.2, 0.25) is 0 Å². The molecule has 0 aliphatic heterocycles. The average Bonchev–Trinajstić information content (AvgIpc) is 2.91. The van der Waals surface area contributed by atoms with Crippen molar-refractivity contribution in [2.75, 3.05) is 47.2 Å². The molecule has 0 spiro atoms. The minimum absolute atomic E-state index is 0.0135. The van der Waals surface area contributed by atoms with Crippen LogP contribution in [0.5, 0.6) is 0 Å². The van der Waals surface area contributed by atoms with Crippen molar-refractivity contribution in [1.82, 2.24) is 5.32 Å². The Morgan fingerprint density at radius 1 is 0.791 bits per heavy atom. The fourth-order valence-corrected chi connectivity index (χ4v) is 5.00. The fourth-order valence-electron chi connectivity index (χ4n) is 4.05. The van der Waals surface area contributed by atoms with E-state index in [0.717, 1.165) is 19.3 Å². The quantitative estimate of drug-likeness (QED) is 0.0541. The van der Waals surface area contributed by atoms with Crippen LogP contribution in [0.25, 0.3) is 0 Å². The Morgan fingerprint density at radius 2 is 1.37 bits per heavy atom. The first-order chi connectivity index (χ1) is 20.3. The third kappa shape index (κ3) is 25.8. The van der Waals surface area contributed by atoms with Gasteiger partial charge in [0.15, 0.2) is 0 Å². The predicted molar refractivity (Wildman–Crippen MR) is 168 cm³/mol. The maximum atomic E-state index is 12.8. The summed E-state index contributed by atoms with van der Waals surface area (Å²) in [4.78, 5) is 24.5. The number of phosphoric acid groups is 1. The molecular formula is C31H62NO10P. The molecule has 2 atom stereocenters. The standard InChI is InChI=1S/C31H62NO10P/c1-9-10-11-12-13-14-15-16-17-18-19-20-28(33)41-27(25-36-7)26-40-43(35,37-8)39-24-22-32-29(34)42-31(5,6)21-23-38-30(2,3)4/h27H,9-26H2,1-8H3,(H,32,34). The largest absolute Gasteiger partial charge is 0.474 e. The average molecular weight is 640 g/mol. The summed E-state index contributed by atoms with van der Waals surface area (Å²) in [5.41, 5.74) is -1.01. The number of nitrogens with one attached hydrogen (secondary N) is 1. The van der Waals surface area contributed by atoms with E-state index in [1.54, 1.807) is 13.8 Å². The van der Waals surface area contributed by atoms with Crippen molar-refractivity contribution in [2.24, 2.45) is 0 Å². The first kappa shape index (κ1) is 41.8. The molecule has 12 heteroatoms. The van der Waals surface area contributed by atoms with Gasteiger partial charge in [-0.05, 0) is 41.0 Å². The summed E-state index contributed by atoms with van der Waals surface area (Å²) in [6, 6.07) is 0. The van der Waals surface area contributed by atoms with E-state index in [1.807, 2.05) is 20.8 Å². The van der Waals surface area contributed by atoms with Gasteiger partial charge in [0.25, 0.3) is 0 Å². The van der Waals surface area contributed by atoms with Crippen LogP contribution >= 0.6 is 7.82 Å². The van der Waals surface area contributed by atoms with E-state index in [0.29, 0.717) is 19.4 Å². The normalized spacial score (nSPS) is 14.2. The molecule has 11 nitrogen and oxygen atoms in total. The minimum Gasteiger partial charge on any atom is -0.457 e. The van der Waals surface area contributed by atoms with Crippen LogP contribution in [0.4, 0.5) is 4.79 Å². The van der Waals surface area contributed by atoms with Crippen LogP contribution in [0.15, 0.2) is 0 Å². The highest BCUT2D eigenvalue weighted by Crippen LogP contribution is 2.48. The molecule has 2 unspecified atom stereocenters. The first-order valence-electron chi connectivity index (χ1n) is 16.0. The lowest BCUT2D eigenvalue weighted by Gasteiger charge is -2.27. The Bertz CT molecular complexity index is 772. The second-order valence-corrected chi connectivity index (χ2v) is 14.2. The molecule has 0 saturated carbocycles. The molecule has 0 rings (SSSR count). The Labute approximate surface area is 261 Å². The van der Waals surface area contributed by atoms with E-state index in [2.05, 4.69) is 12.2 Å². The number of esters is 1. The molecule has 43 heavy (non-hydrogen) atoms. The summed E-state index contributed by atoms with van der Waals surface area (Å²) in [7, 11) is -1.29. The molecule has 0 aromatic heterocycles. The predicted octanol–water partition coefficient (Wildman–Crippen LogP) is 7.74. The minimum atomic E-state index is -3.96. The number of carbonyl (C=O) groups excluding carboxylic acids is 2. The highest BCUT2D eigenvalue weighted by atomic mass is 31.2. The highest BCUT2D eigenvalue weighted by Gasteiger charge is 2.28. The van der Waals surface area contributed by atoms with Crippen LogP contribution < -0.4 is 5.32 Å². The van der Waals surface area contributed by atoms with Gasteiger partial charge < -0.3 is 24.3 Å². The van der Waals surface area contributed by atoms with E-state index >= 15 is 0 Å². The zero-order valence-electron chi connectivity index (χ0n) is 28.3. The first-order valence-corrected chi connectivity index (χ1v) is 17.5. The Hall–Kier alpha value is -1.23. The molecule has 0 radical (unpaired) electrons. The zero-order valence-corrected chi connectivity index (χ0v) is 29.2. The van der Waals surface area contributed by atoms with Crippen molar-refractivity contribution in [3.8, 4) is 0 Å². The van der Waals surface area contributed by atoms with E-state index < -0.39 is 25.6 Å². The van der Waals surface area contributed by atoms with E-state index in [-0.39, 0.29) is 37.9 Å². The molecular weight excluding hydrogens is 577 g/mol. The van der Waals surface area contributed by atoms with Crippen molar-refractivity contribution >= 4 is 19.9 Å². The SMILES string of the molecule is CCCCCCCCCCCCCC(=O)OC(COC)COP(=O)(OC)OCCNC(=O)OC(C)(C)CCOC(C)(C)C. The van der Waals surface area contributed by atoms with Crippen molar-refractivity contribution in [1.29, 1.82) is 0 Å². The molecule has 0 aliphatic rings. The van der Waals surface area contributed by atoms with Gasteiger partial charge in [-0.1, -0.05) is 71.1 Å². The topological polar surface area (TPSA) is 128 Å². The summed E-state index contributed by atoms with van der Waals surface area (Å²) >= 11 is 0. The number of hydrogen-bond acceptors (Lipinski definition) is 10. The zero-order chi connectivity index (χ0) is 32.6. The van der Waals surface area contributed by atoms with Gasteiger partial charge in [0.1, 0.15) is 11.7 Å². The second-order valence-electron chi connectivity index (χ2n) is 12.4. The highest BCUT2D eigenvalue weighted by molar-refractivity contribution is 7.48. The van der Waals surface area contributed by atoms with Crippen molar-refractivity contribution < 1.29 is 46.7 Å². The van der Waals surface area contributed by atoms with Crippen molar-refractivity contribution in [2.45, 2.75) is 142 Å². The van der Waals surface area contributed by atoms with Gasteiger partial charge in [0.2, 0.25) is 0 Å². The number of methoxy groups -OCH3 is 1. The summed E-state index contributed by atoms with van der Waals surface area (Å²) in [5, 5.41) is 2.55. The molecule has 0 aromatic rings. The smallest absolute Gasteiger partial charge is 0.457 e. The number of unbranched alkanes of at least 4 members (excludes halogenated alkanes) is 10. The third-order valence-electron chi connectivity index (χ3n) is 6.51. The molecule has 0 aliphatic carbocycles. The number of amides is 1. The van der Waals surface area contributed by atoms with Crippen LogP contribution in [0.1, 0.15) is 125 Å². The van der Waals surface area contributed by atoms with E-state index in [1.165, 1.54) is 65.6 Å². The van der Waals surface area contributed by atoms with Gasteiger partial charge in [-0.2, -0.15) is 0 Å². The second kappa shape index (κ2) is 24.1. The van der Waals surface area contributed by atoms with Gasteiger partial charge >= 0.3 is 19.9 Å². The van der Waals surface area contributed by atoms with Crippen LogP contribution in [-0.4, -0.2) is 76.6 Å². The fraction of sp³-hybridized carbons (Fsp3) is 0.935. The maximum Gasteiger partial charge on any atom is 0.474 e. The molecule has 0 aromatic carbocycles. The van der Waals surface area contributed by atoms with Crippen molar-refractivity contribution in [3.63, 3.8) is 0 Å². The summed E-state index contributed by atoms with van der Waals surface area (Å²) in [5.74, 6) is -0.356. The number of phosphoric ester groups is 1. The molecule has 0 heterocycles. The van der Waals surface area contributed by atoms with Gasteiger partial charge in [-0.25, -0.2) is 9.36 Å². The molecule has 1 N–H and O–H groups in total. The van der Waals surface area contributed by atoms with Gasteiger partial charge in [-0.15, -0.1) is 0 Å². The van der Waals surface area contributed by atoms with E-state index in [4.69, 9.17) is 32.5 Å². The lowest BCUT2D eigenvalue weighted by molar-refractivity contribution is -0.154. The molecule has 0 bridgehead atoms. The van der Waals surface area contributed by atoms with Gasteiger partial charge in [0, 0.05) is 33.6 Å². The number of hydrogen-bond donors (Lipinski definition) is 1. The molecule has 0 fully saturated rings. The van der Waals surface area contributed by atoms with Crippen molar-refractivity contribution in [3.05, 3.63) is 0 Å². The van der Waals surface area contributed by atoms with Gasteiger partial charge in [0.05, 0.1) is 32.0 Å². The summed E-state index contributed by atoms with van der Waals surface area (Å²) < 4.78 is 50.1. The molecule has 256 valence electrons. The molecule has 1 amide bonds. The van der Waals surface area contributed by atoms with Crippen LogP contribution in [-0.2, 0) is 41.9 Å². The lowest BCUT2D eigenvalue weighted by atomic mass is 10.1. The third-order valence-corrected chi connectivity index (χ3v) is 7.92. The maximum absolute atomic E-state index is 12.8. The number of ether oxygens (including phenoxy) is 4. The van der Waals surface area contributed by atoms with Crippen LogP contribution in [0, 0.1) is 0 Å². The lowest BCUT2D eigenvalue weighted by Crippen LogP contribution is -2.37. The summed E-state index contributed by atoms with van der Waals surface area (Å²) in [6.07, 6.45) is 12.6. The van der Waals surface area contributed by atoms with E-state index in [9.17, 15) is 14.2 Å². The number of rotatable bonds is 27. The number of carbonyl (C=O) groups is 2. The Balaban J connectivity index is 4.27. The number of alkyl carbamates (subject to hydrolysis) is 1. The Morgan fingerprint density at radius 3 is 1.91 bits per heavy atom. The molecule has 0 saturated heterocycles. The summed E-state index contributed by atoms with van der Waals surface area (Å²) in [6.45, 7) is 11.8. The van der Waals surface area contributed by atoms with Crippen LogP contribution in [0.3, 0.4) is 0 Å². The Kier molecular flexibility index (Phi) is 23.4. The monoisotopic (exact) mass is 639 g/mol. The van der Waals surface area contributed by atoms with Gasteiger partial charge in [-0.3, -0.25) is 18.4 Å².